The third-order valence-corrected chi connectivity index (χ3v) is 16.1. The standard InChI is InChI=1S/C43H64N2O7Si/c1-28-24-33(39(47)45-35-19-21-36(22-20-35)52-53(8,9)43(5,6)7)18-23-37(28)31-14-10-29(11-15-31)25-34(40(48)49)26-38(46)32-16-12-30(13-17-32)27-44-41(50)51-42(2,3)4/h10-11,14-15,18,23-24,30,32,34-36H,12-13,16-17,19-22,25-27H2,1-9H3,(H,44,50)(H,45,47)(H,48,49)/t30?,32?,34-,35?,36?/m1/s1. The molecule has 1 atom stereocenters. The summed E-state index contributed by atoms with van der Waals surface area (Å²) in [5, 5.41) is 16.3. The second-order valence-corrected chi connectivity index (χ2v) is 22.8. The van der Waals surface area contributed by atoms with E-state index in [1.54, 1.807) is 0 Å². The summed E-state index contributed by atoms with van der Waals surface area (Å²) in [5.41, 5.74) is 3.94. The van der Waals surface area contributed by atoms with Gasteiger partial charge >= 0.3 is 12.1 Å². The van der Waals surface area contributed by atoms with Crippen LogP contribution >= 0.6 is 0 Å². The van der Waals surface area contributed by atoms with Gasteiger partial charge in [0.1, 0.15) is 11.4 Å². The number of aryl methyl sites for hydroxylation is 1. The zero-order valence-corrected chi connectivity index (χ0v) is 34.6. The van der Waals surface area contributed by atoms with Gasteiger partial charge in [0.15, 0.2) is 8.32 Å². The maximum Gasteiger partial charge on any atom is 0.407 e. The summed E-state index contributed by atoms with van der Waals surface area (Å²) in [5.74, 6) is -1.67. The highest BCUT2D eigenvalue weighted by Crippen LogP contribution is 2.39. The van der Waals surface area contributed by atoms with Crippen molar-refractivity contribution >= 4 is 32.1 Å². The van der Waals surface area contributed by atoms with Crippen LogP contribution in [0, 0.1) is 24.7 Å². The van der Waals surface area contributed by atoms with Crippen molar-refractivity contribution < 1.29 is 33.4 Å². The Morgan fingerprint density at radius 3 is 2.04 bits per heavy atom. The molecule has 0 heterocycles. The van der Waals surface area contributed by atoms with Crippen molar-refractivity contribution in [2.75, 3.05) is 6.54 Å². The molecule has 2 amide bonds. The number of aliphatic carboxylic acids is 1. The minimum Gasteiger partial charge on any atom is -0.481 e. The topological polar surface area (TPSA) is 131 Å². The molecule has 4 rings (SSSR count). The number of ether oxygens (including phenoxy) is 1. The summed E-state index contributed by atoms with van der Waals surface area (Å²) in [6.07, 6.45) is 6.92. The molecule has 53 heavy (non-hydrogen) atoms. The van der Waals surface area contributed by atoms with Crippen LogP contribution in [0.1, 0.15) is 121 Å². The molecule has 2 aromatic rings. The van der Waals surface area contributed by atoms with E-state index in [1.165, 1.54) is 0 Å². The first-order valence-electron chi connectivity index (χ1n) is 19.6. The van der Waals surface area contributed by atoms with Crippen molar-refractivity contribution in [3.63, 3.8) is 0 Å². The number of Topliss-reactive ketones (excluding diaryl/α,β-unsaturated/α-hetero) is 1. The molecule has 0 radical (unpaired) electrons. The Morgan fingerprint density at radius 2 is 1.49 bits per heavy atom. The van der Waals surface area contributed by atoms with Crippen LogP contribution in [0.4, 0.5) is 4.79 Å². The summed E-state index contributed by atoms with van der Waals surface area (Å²) in [6.45, 7) is 19.4. The minimum atomic E-state index is -1.81. The fourth-order valence-electron chi connectivity index (χ4n) is 7.31. The van der Waals surface area contributed by atoms with Gasteiger partial charge in [-0.2, -0.15) is 0 Å². The van der Waals surface area contributed by atoms with Crippen molar-refractivity contribution in [1.29, 1.82) is 0 Å². The van der Waals surface area contributed by atoms with Crippen LogP contribution in [0.2, 0.25) is 18.1 Å². The molecule has 0 saturated heterocycles. The summed E-state index contributed by atoms with van der Waals surface area (Å²) < 4.78 is 11.9. The molecule has 2 aromatic carbocycles. The average Bonchev–Trinajstić information content (AvgIpc) is 3.07. The molecule has 3 N–H and O–H groups in total. The van der Waals surface area contributed by atoms with Crippen LogP contribution in [0.25, 0.3) is 11.1 Å². The third-order valence-electron chi connectivity index (χ3n) is 11.5. The van der Waals surface area contributed by atoms with Crippen molar-refractivity contribution in [3.8, 4) is 11.1 Å². The summed E-state index contributed by atoms with van der Waals surface area (Å²) in [7, 11) is -1.81. The fourth-order valence-corrected chi connectivity index (χ4v) is 8.73. The Balaban J connectivity index is 1.25. The fraction of sp³-hybridized carbons (Fsp3) is 0.628. The highest BCUT2D eigenvalue weighted by molar-refractivity contribution is 6.74. The van der Waals surface area contributed by atoms with Crippen molar-refractivity contribution in [3.05, 3.63) is 59.2 Å². The Morgan fingerprint density at radius 1 is 0.868 bits per heavy atom. The van der Waals surface area contributed by atoms with Gasteiger partial charge in [0.05, 0.1) is 5.92 Å². The molecule has 9 nitrogen and oxygen atoms in total. The molecule has 2 aliphatic rings. The van der Waals surface area contributed by atoms with Gasteiger partial charge in [0.25, 0.3) is 5.91 Å². The van der Waals surface area contributed by atoms with Crippen molar-refractivity contribution in [2.24, 2.45) is 17.8 Å². The second kappa shape index (κ2) is 17.8. The molecular weight excluding hydrogens is 685 g/mol. The van der Waals surface area contributed by atoms with E-state index in [-0.39, 0.29) is 53.6 Å². The van der Waals surface area contributed by atoms with Gasteiger partial charge in [-0.1, -0.05) is 51.1 Å². The average molecular weight is 749 g/mol. The molecule has 2 aliphatic carbocycles. The first-order valence-corrected chi connectivity index (χ1v) is 22.5. The highest BCUT2D eigenvalue weighted by Gasteiger charge is 2.40. The smallest absolute Gasteiger partial charge is 0.407 e. The predicted molar refractivity (Wildman–Crippen MR) is 213 cm³/mol. The predicted octanol–water partition coefficient (Wildman–Crippen LogP) is 9.26. The first kappa shape index (κ1) is 42.2. The number of carbonyl (C=O) groups excluding carboxylic acids is 3. The number of nitrogens with one attached hydrogen (secondary N) is 2. The van der Waals surface area contributed by atoms with Crippen LogP contribution in [0.15, 0.2) is 42.5 Å². The Hall–Kier alpha value is -3.50. The van der Waals surface area contributed by atoms with Gasteiger partial charge in [-0.3, -0.25) is 14.4 Å². The number of hydrogen-bond acceptors (Lipinski definition) is 6. The maximum absolute atomic E-state index is 13.2. The van der Waals surface area contributed by atoms with Crippen molar-refractivity contribution in [1.82, 2.24) is 10.6 Å². The van der Waals surface area contributed by atoms with Crippen LogP contribution in [0.3, 0.4) is 0 Å². The van der Waals surface area contributed by atoms with Gasteiger partial charge in [0, 0.05) is 36.6 Å². The number of ketones is 1. The van der Waals surface area contributed by atoms with Crippen molar-refractivity contribution in [2.45, 2.75) is 149 Å². The number of alkyl carbamates (subject to hydrolysis) is 1. The number of carbonyl (C=O) groups is 4. The highest BCUT2D eigenvalue weighted by atomic mass is 28.4. The Labute approximate surface area is 318 Å². The van der Waals surface area contributed by atoms with E-state index in [1.807, 2.05) is 70.2 Å². The lowest BCUT2D eigenvalue weighted by Gasteiger charge is -2.41. The Bertz CT molecular complexity index is 1570. The third kappa shape index (κ3) is 12.5. The lowest BCUT2D eigenvalue weighted by Crippen LogP contribution is -2.46. The number of amides is 2. The van der Waals surface area contributed by atoms with Crippen LogP contribution in [-0.2, 0) is 25.2 Å². The normalized spacial score (nSPS) is 21.7. The van der Waals surface area contributed by atoms with Crippen LogP contribution in [-0.4, -0.2) is 61.5 Å². The molecule has 0 bridgehead atoms. The van der Waals surface area contributed by atoms with E-state index < -0.39 is 31.9 Å². The zero-order chi connectivity index (χ0) is 39.1. The van der Waals surface area contributed by atoms with E-state index in [2.05, 4.69) is 44.5 Å². The lowest BCUT2D eigenvalue weighted by atomic mass is 9.77. The van der Waals surface area contributed by atoms with Gasteiger partial charge in [-0.05, 0) is 144 Å². The van der Waals surface area contributed by atoms with Gasteiger partial charge in [0.2, 0.25) is 0 Å². The monoisotopic (exact) mass is 748 g/mol. The van der Waals surface area contributed by atoms with Crippen LogP contribution < -0.4 is 10.6 Å². The lowest BCUT2D eigenvalue weighted by molar-refractivity contribution is -0.144. The van der Waals surface area contributed by atoms with Crippen LogP contribution in [0.5, 0.6) is 0 Å². The molecule has 0 aliphatic heterocycles. The number of rotatable bonds is 13. The molecular formula is C43H64N2O7Si. The SMILES string of the molecule is Cc1cc(C(=O)NC2CCC(O[Si](C)(C)C(C)(C)C)CC2)ccc1-c1ccc(C[C@H](CC(=O)C2CCC(CNC(=O)OC(C)(C)C)CC2)C(=O)O)cc1. The largest absolute Gasteiger partial charge is 0.481 e. The van der Waals surface area contributed by atoms with E-state index in [0.717, 1.165) is 60.8 Å². The first-order chi connectivity index (χ1) is 24.7. The maximum atomic E-state index is 13.2. The van der Waals surface area contributed by atoms with E-state index in [9.17, 15) is 24.3 Å². The second-order valence-electron chi connectivity index (χ2n) is 18.1. The number of benzene rings is 2. The number of carboxylic acid groups (broad SMARTS) is 1. The molecule has 0 spiro atoms. The molecule has 292 valence electrons. The summed E-state index contributed by atoms with van der Waals surface area (Å²) >= 11 is 0. The molecule has 2 saturated carbocycles. The molecule has 0 aromatic heterocycles. The summed E-state index contributed by atoms with van der Waals surface area (Å²) in [4.78, 5) is 50.6. The molecule has 10 heteroatoms. The van der Waals surface area contributed by atoms with E-state index in [4.69, 9.17) is 9.16 Å². The van der Waals surface area contributed by atoms with Gasteiger partial charge in [-0.15, -0.1) is 0 Å². The van der Waals surface area contributed by atoms with Gasteiger partial charge in [-0.25, -0.2) is 4.79 Å². The van der Waals surface area contributed by atoms with Gasteiger partial charge < -0.3 is 24.9 Å². The number of hydrogen-bond donors (Lipinski definition) is 3. The molecule has 0 unspecified atom stereocenters. The Kier molecular flexibility index (Phi) is 14.2. The van der Waals surface area contributed by atoms with E-state index in [0.29, 0.717) is 24.9 Å². The zero-order valence-electron chi connectivity index (χ0n) is 33.6. The number of carboxylic acids is 1. The summed E-state index contributed by atoms with van der Waals surface area (Å²) in [6, 6.07) is 13.8. The molecule has 2 fully saturated rings. The minimum absolute atomic E-state index is 0.00987. The quantitative estimate of drug-likeness (QED) is 0.174. The van der Waals surface area contributed by atoms with E-state index >= 15 is 0 Å².